The number of nitrogens with zero attached hydrogens (tertiary/aromatic N) is 1. The molecule has 4 nitrogen and oxygen atoms in total. The third-order valence-corrected chi connectivity index (χ3v) is 3.13. The number of hydrogen-bond acceptors (Lipinski definition) is 4. The second kappa shape index (κ2) is 8.86. The molecule has 0 radical (unpaired) electrons. The molecule has 0 bridgehead atoms. The minimum absolute atomic E-state index is 0.364. The van der Waals surface area contributed by atoms with E-state index in [-0.39, 0.29) is 0 Å². The third-order valence-electron chi connectivity index (χ3n) is 3.13. The van der Waals surface area contributed by atoms with Gasteiger partial charge >= 0.3 is 0 Å². The maximum Gasteiger partial charge on any atom is 0.0701 e. The first-order valence-corrected chi connectivity index (χ1v) is 7.16. The Morgan fingerprint density at radius 3 is 2.17 bits per heavy atom. The van der Waals surface area contributed by atoms with Crippen molar-refractivity contribution < 1.29 is 9.47 Å². The summed E-state index contributed by atoms with van der Waals surface area (Å²) in [6, 6.07) is 0. The molecule has 18 heavy (non-hydrogen) atoms. The van der Waals surface area contributed by atoms with Crippen LogP contribution in [-0.4, -0.2) is 64.1 Å². The van der Waals surface area contributed by atoms with Crippen molar-refractivity contribution in [3.8, 4) is 0 Å². The number of hydrogen-bond donors (Lipinski definition) is 1. The quantitative estimate of drug-likeness (QED) is 0.667. The molecule has 0 aromatic heterocycles. The summed E-state index contributed by atoms with van der Waals surface area (Å²) in [4.78, 5) is 2.44. The standard InChI is InChI=1S/C14H30N2O2/c1-14(2,3)4-10-17-12-13-18-11-9-16-7-5-15-6-8-16/h15H,4-13H2,1-3H3. The molecule has 0 unspecified atom stereocenters. The van der Waals surface area contributed by atoms with E-state index in [9.17, 15) is 0 Å². The van der Waals surface area contributed by atoms with Gasteiger partial charge in [0.1, 0.15) is 0 Å². The minimum atomic E-state index is 0.364. The molecule has 0 saturated carbocycles. The van der Waals surface area contributed by atoms with E-state index in [1.54, 1.807) is 0 Å². The predicted octanol–water partition coefficient (Wildman–Crippen LogP) is 1.36. The number of ether oxygens (including phenoxy) is 2. The van der Waals surface area contributed by atoms with E-state index in [4.69, 9.17) is 9.47 Å². The lowest BCUT2D eigenvalue weighted by Crippen LogP contribution is -2.44. The zero-order chi connectivity index (χ0) is 13.3. The number of nitrogens with one attached hydrogen (secondary N) is 1. The van der Waals surface area contributed by atoms with E-state index in [2.05, 4.69) is 31.0 Å². The Hall–Kier alpha value is -0.160. The van der Waals surface area contributed by atoms with Gasteiger partial charge in [0.25, 0.3) is 0 Å². The summed E-state index contributed by atoms with van der Waals surface area (Å²) in [5, 5.41) is 3.35. The molecule has 1 aliphatic heterocycles. The fraction of sp³-hybridized carbons (Fsp3) is 1.00. The van der Waals surface area contributed by atoms with E-state index in [0.29, 0.717) is 5.41 Å². The molecule has 0 amide bonds. The Bertz CT molecular complexity index is 198. The van der Waals surface area contributed by atoms with Crippen molar-refractivity contribution in [1.82, 2.24) is 10.2 Å². The van der Waals surface area contributed by atoms with Crippen LogP contribution < -0.4 is 5.32 Å². The SMILES string of the molecule is CC(C)(C)CCOCCOCCN1CCNCC1. The molecule has 0 atom stereocenters. The Labute approximate surface area is 112 Å². The summed E-state index contributed by atoms with van der Waals surface area (Å²) in [5.74, 6) is 0. The van der Waals surface area contributed by atoms with Crippen molar-refractivity contribution in [2.24, 2.45) is 5.41 Å². The molecule has 1 fully saturated rings. The molecule has 1 rings (SSSR count). The van der Waals surface area contributed by atoms with Crippen molar-refractivity contribution in [2.45, 2.75) is 27.2 Å². The van der Waals surface area contributed by atoms with Crippen LogP contribution in [0.25, 0.3) is 0 Å². The number of piperazine rings is 1. The van der Waals surface area contributed by atoms with Crippen LogP contribution in [0.3, 0.4) is 0 Å². The largest absolute Gasteiger partial charge is 0.379 e. The van der Waals surface area contributed by atoms with Crippen molar-refractivity contribution in [3.63, 3.8) is 0 Å². The molecular weight excluding hydrogens is 228 g/mol. The van der Waals surface area contributed by atoms with Crippen LogP contribution in [0.1, 0.15) is 27.2 Å². The van der Waals surface area contributed by atoms with Crippen molar-refractivity contribution in [1.29, 1.82) is 0 Å². The fourth-order valence-electron chi connectivity index (χ4n) is 1.83. The molecule has 0 aliphatic carbocycles. The van der Waals surface area contributed by atoms with Crippen LogP contribution in [0.2, 0.25) is 0 Å². The average Bonchev–Trinajstić information content (AvgIpc) is 2.32. The molecule has 1 N–H and O–H groups in total. The topological polar surface area (TPSA) is 33.7 Å². The van der Waals surface area contributed by atoms with E-state index in [1.165, 1.54) is 0 Å². The molecule has 0 spiro atoms. The number of rotatable bonds is 8. The van der Waals surface area contributed by atoms with Gasteiger partial charge in [0.05, 0.1) is 19.8 Å². The summed E-state index contributed by atoms with van der Waals surface area (Å²) >= 11 is 0. The second-order valence-electron chi connectivity index (χ2n) is 6.13. The molecule has 4 heteroatoms. The smallest absolute Gasteiger partial charge is 0.0701 e. The zero-order valence-corrected chi connectivity index (χ0v) is 12.3. The summed E-state index contributed by atoms with van der Waals surface area (Å²) in [6.07, 6.45) is 1.10. The summed E-state index contributed by atoms with van der Waals surface area (Å²) in [6.45, 7) is 15.4. The lowest BCUT2D eigenvalue weighted by molar-refractivity contribution is 0.0302. The van der Waals surface area contributed by atoms with Gasteiger partial charge in [0.15, 0.2) is 0 Å². The van der Waals surface area contributed by atoms with E-state index in [0.717, 1.165) is 65.6 Å². The van der Waals surface area contributed by atoms with Gasteiger partial charge in [-0.3, -0.25) is 4.90 Å². The van der Waals surface area contributed by atoms with Crippen LogP contribution in [0, 0.1) is 5.41 Å². The molecule has 108 valence electrons. The lowest BCUT2D eigenvalue weighted by atomic mass is 9.93. The van der Waals surface area contributed by atoms with Gasteiger partial charge in [-0.2, -0.15) is 0 Å². The second-order valence-corrected chi connectivity index (χ2v) is 6.13. The monoisotopic (exact) mass is 258 g/mol. The van der Waals surface area contributed by atoms with Crippen LogP contribution >= 0.6 is 0 Å². The first-order chi connectivity index (χ1) is 8.58. The van der Waals surface area contributed by atoms with Gasteiger partial charge in [-0.15, -0.1) is 0 Å². The van der Waals surface area contributed by atoms with Gasteiger partial charge in [-0.05, 0) is 11.8 Å². The van der Waals surface area contributed by atoms with E-state index in [1.807, 2.05) is 0 Å². The Morgan fingerprint density at radius 1 is 0.944 bits per heavy atom. The highest BCUT2D eigenvalue weighted by Crippen LogP contribution is 2.17. The van der Waals surface area contributed by atoms with E-state index < -0.39 is 0 Å². The average molecular weight is 258 g/mol. The third kappa shape index (κ3) is 8.86. The first-order valence-electron chi connectivity index (χ1n) is 7.16. The molecule has 0 aromatic carbocycles. The Morgan fingerprint density at radius 2 is 1.56 bits per heavy atom. The highest BCUT2D eigenvalue weighted by Gasteiger charge is 2.09. The highest BCUT2D eigenvalue weighted by molar-refractivity contribution is 4.66. The zero-order valence-electron chi connectivity index (χ0n) is 12.3. The van der Waals surface area contributed by atoms with Gasteiger partial charge in [0, 0.05) is 39.3 Å². The maximum atomic E-state index is 5.58. The van der Waals surface area contributed by atoms with Crippen LogP contribution in [0.5, 0.6) is 0 Å². The van der Waals surface area contributed by atoms with Crippen molar-refractivity contribution >= 4 is 0 Å². The lowest BCUT2D eigenvalue weighted by Gasteiger charge is -2.26. The highest BCUT2D eigenvalue weighted by atomic mass is 16.5. The van der Waals surface area contributed by atoms with Gasteiger partial charge < -0.3 is 14.8 Å². The summed E-state index contributed by atoms with van der Waals surface area (Å²) in [7, 11) is 0. The van der Waals surface area contributed by atoms with Crippen molar-refractivity contribution in [2.75, 3.05) is 59.2 Å². The molecule has 0 aromatic rings. The first kappa shape index (κ1) is 15.9. The van der Waals surface area contributed by atoms with E-state index >= 15 is 0 Å². The summed E-state index contributed by atoms with van der Waals surface area (Å²) < 4.78 is 11.1. The minimum Gasteiger partial charge on any atom is -0.379 e. The van der Waals surface area contributed by atoms with Crippen LogP contribution in [0.15, 0.2) is 0 Å². The Kier molecular flexibility index (Phi) is 7.82. The van der Waals surface area contributed by atoms with Crippen molar-refractivity contribution in [3.05, 3.63) is 0 Å². The molecule has 1 heterocycles. The fourth-order valence-corrected chi connectivity index (χ4v) is 1.83. The normalized spacial score (nSPS) is 18.2. The van der Waals surface area contributed by atoms with Gasteiger partial charge in [-0.1, -0.05) is 20.8 Å². The van der Waals surface area contributed by atoms with Crippen LogP contribution in [0.4, 0.5) is 0 Å². The maximum absolute atomic E-state index is 5.58. The predicted molar refractivity (Wildman–Crippen MR) is 75.0 cm³/mol. The summed E-state index contributed by atoms with van der Waals surface area (Å²) in [5.41, 5.74) is 0.364. The van der Waals surface area contributed by atoms with Gasteiger partial charge in [0.2, 0.25) is 0 Å². The Balaban J connectivity index is 1.81. The molecular formula is C14H30N2O2. The molecule has 1 saturated heterocycles. The van der Waals surface area contributed by atoms with Crippen LogP contribution in [-0.2, 0) is 9.47 Å². The van der Waals surface area contributed by atoms with Gasteiger partial charge in [-0.25, -0.2) is 0 Å². The molecule has 1 aliphatic rings.